The van der Waals surface area contributed by atoms with E-state index in [4.69, 9.17) is 5.73 Å². The molecule has 2 aromatic carbocycles. The molecular formula is C17H14N4O. The Hall–Kier alpha value is -3.21. The van der Waals surface area contributed by atoms with E-state index < -0.39 is 0 Å². The lowest BCUT2D eigenvalue weighted by atomic mass is 10.2. The Bertz CT molecular complexity index is 871. The highest BCUT2D eigenvalue weighted by atomic mass is 16.3. The fourth-order valence-electron chi connectivity index (χ4n) is 2.01. The van der Waals surface area contributed by atoms with Gasteiger partial charge < -0.3 is 10.8 Å². The van der Waals surface area contributed by atoms with Crippen LogP contribution in [0.4, 0.5) is 0 Å². The summed E-state index contributed by atoms with van der Waals surface area (Å²) in [7, 11) is 0. The number of para-hydroxylation sites is 2. The van der Waals surface area contributed by atoms with E-state index >= 15 is 0 Å². The number of aromatic hydroxyl groups is 1. The molecule has 0 atom stereocenters. The molecule has 3 rings (SSSR count). The van der Waals surface area contributed by atoms with Gasteiger partial charge in [0.1, 0.15) is 11.4 Å². The van der Waals surface area contributed by atoms with E-state index in [0.717, 1.165) is 10.9 Å². The Morgan fingerprint density at radius 1 is 1.00 bits per heavy atom. The Labute approximate surface area is 127 Å². The maximum absolute atomic E-state index is 9.63. The van der Waals surface area contributed by atoms with Crippen molar-refractivity contribution in [1.29, 1.82) is 0 Å². The molecule has 0 unspecified atom stereocenters. The van der Waals surface area contributed by atoms with Gasteiger partial charge in [0, 0.05) is 10.9 Å². The summed E-state index contributed by atoms with van der Waals surface area (Å²) in [6, 6.07) is 18.4. The molecule has 0 aliphatic heterocycles. The molecule has 1 aromatic heterocycles. The molecule has 108 valence electrons. The van der Waals surface area contributed by atoms with E-state index in [0.29, 0.717) is 11.3 Å². The van der Waals surface area contributed by atoms with E-state index in [1.165, 1.54) is 6.21 Å². The first-order valence-electron chi connectivity index (χ1n) is 6.75. The van der Waals surface area contributed by atoms with Crippen LogP contribution in [0.3, 0.4) is 0 Å². The number of aromatic nitrogens is 1. The number of nitrogens with zero attached hydrogens (tertiary/aromatic N) is 3. The number of hydrogen-bond donors (Lipinski definition) is 2. The van der Waals surface area contributed by atoms with Gasteiger partial charge in [-0.2, -0.15) is 5.10 Å². The van der Waals surface area contributed by atoms with Crippen molar-refractivity contribution in [3.63, 3.8) is 0 Å². The molecule has 5 heteroatoms. The molecular weight excluding hydrogens is 276 g/mol. The van der Waals surface area contributed by atoms with Gasteiger partial charge in [-0.05, 0) is 24.3 Å². The lowest BCUT2D eigenvalue weighted by Crippen LogP contribution is -2.14. The number of pyridine rings is 1. The summed E-state index contributed by atoms with van der Waals surface area (Å²) in [6.45, 7) is 0. The van der Waals surface area contributed by atoms with Crippen LogP contribution >= 0.6 is 0 Å². The number of fused-ring (bicyclic) bond motifs is 1. The number of phenols is 1. The molecule has 0 amide bonds. The second-order valence-electron chi connectivity index (χ2n) is 4.68. The number of nitrogens with two attached hydrogens (primary N) is 1. The minimum absolute atomic E-state index is 0.142. The summed E-state index contributed by atoms with van der Waals surface area (Å²) in [6.07, 6.45) is 1.45. The van der Waals surface area contributed by atoms with Gasteiger partial charge in [-0.1, -0.05) is 36.4 Å². The Morgan fingerprint density at radius 2 is 1.77 bits per heavy atom. The zero-order valence-electron chi connectivity index (χ0n) is 11.7. The predicted octanol–water partition coefficient (Wildman–Crippen LogP) is 2.68. The molecule has 0 radical (unpaired) electrons. The normalized spacial score (nSPS) is 12.1. The highest BCUT2D eigenvalue weighted by molar-refractivity contribution is 5.98. The molecule has 0 spiro atoms. The maximum Gasteiger partial charge on any atom is 0.172 e. The second-order valence-corrected chi connectivity index (χ2v) is 4.68. The van der Waals surface area contributed by atoms with Crippen LogP contribution in [0.25, 0.3) is 10.9 Å². The fourth-order valence-corrected chi connectivity index (χ4v) is 2.01. The van der Waals surface area contributed by atoms with Crippen molar-refractivity contribution in [1.82, 2.24) is 4.98 Å². The van der Waals surface area contributed by atoms with E-state index in [1.54, 1.807) is 30.3 Å². The first-order valence-corrected chi connectivity index (χ1v) is 6.75. The lowest BCUT2D eigenvalue weighted by Gasteiger charge is -2.01. The average Bonchev–Trinajstić information content (AvgIpc) is 2.56. The summed E-state index contributed by atoms with van der Waals surface area (Å²) in [4.78, 5) is 4.44. The lowest BCUT2D eigenvalue weighted by molar-refractivity contribution is 0.474. The third kappa shape index (κ3) is 2.93. The van der Waals surface area contributed by atoms with Gasteiger partial charge in [0.05, 0.1) is 11.7 Å². The van der Waals surface area contributed by atoms with Crippen LogP contribution in [-0.2, 0) is 0 Å². The summed E-state index contributed by atoms with van der Waals surface area (Å²) >= 11 is 0. The zero-order valence-corrected chi connectivity index (χ0v) is 11.7. The van der Waals surface area contributed by atoms with Crippen molar-refractivity contribution in [2.24, 2.45) is 15.9 Å². The first-order chi connectivity index (χ1) is 10.7. The third-order valence-electron chi connectivity index (χ3n) is 3.16. The predicted molar refractivity (Wildman–Crippen MR) is 88.2 cm³/mol. The standard InChI is InChI=1S/C17H14N4O/c18-17(21-19-11-13-6-2-4-8-16(13)22)15-10-9-12-5-1-3-7-14(12)20-15/h1-11,22H,(H2,18,21)/b19-11+. The molecule has 3 N–H and O–H groups in total. The monoisotopic (exact) mass is 290 g/mol. The van der Waals surface area contributed by atoms with Crippen LogP contribution in [0, 0.1) is 0 Å². The van der Waals surface area contributed by atoms with Crippen molar-refractivity contribution in [3.8, 4) is 5.75 Å². The maximum atomic E-state index is 9.63. The van der Waals surface area contributed by atoms with Crippen LogP contribution in [0.1, 0.15) is 11.3 Å². The third-order valence-corrected chi connectivity index (χ3v) is 3.16. The minimum Gasteiger partial charge on any atom is -0.507 e. The van der Waals surface area contributed by atoms with Gasteiger partial charge in [0.25, 0.3) is 0 Å². The first kappa shape index (κ1) is 13.8. The van der Waals surface area contributed by atoms with Crippen molar-refractivity contribution in [3.05, 3.63) is 71.9 Å². The van der Waals surface area contributed by atoms with E-state index in [-0.39, 0.29) is 11.6 Å². The molecule has 0 bridgehead atoms. The summed E-state index contributed by atoms with van der Waals surface area (Å²) in [5.74, 6) is 0.362. The second kappa shape index (κ2) is 6.05. The zero-order chi connectivity index (χ0) is 15.4. The number of amidine groups is 1. The van der Waals surface area contributed by atoms with Crippen LogP contribution in [0.2, 0.25) is 0 Å². The van der Waals surface area contributed by atoms with Crippen molar-refractivity contribution >= 4 is 23.0 Å². The van der Waals surface area contributed by atoms with Crippen molar-refractivity contribution < 1.29 is 5.11 Å². The number of hydrogen-bond acceptors (Lipinski definition) is 4. The summed E-state index contributed by atoms with van der Waals surface area (Å²) in [5, 5.41) is 18.5. The molecule has 0 aliphatic rings. The Morgan fingerprint density at radius 3 is 2.64 bits per heavy atom. The number of phenolic OH excluding ortho intramolecular Hbond substituents is 1. The molecule has 0 saturated carbocycles. The molecule has 5 nitrogen and oxygen atoms in total. The minimum atomic E-state index is 0.142. The van der Waals surface area contributed by atoms with Gasteiger partial charge in [-0.25, -0.2) is 4.98 Å². The quantitative estimate of drug-likeness (QED) is 0.442. The number of rotatable bonds is 3. The largest absolute Gasteiger partial charge is 0.507 e. The van der Waals surface area contributed by atoms with E-state index in [1.807, 2.05) is 30.3 Å². The van der Waals surface area contributed by atoms with Crippen LogP contribution in [-0.4, -0.2) is 22.1 Å². The fraction of sp³-hybridized carbons (Fsp3) is 0. The summed E-state index contributed by atoms with van der Waals surface area (Å²) in [5.41, 5.74) is 7.89. The SMILES string of the molecule is N/C(=N\N=C\c1ccccc1O)c1ccc2ccccc2n1. The van der Waals surface area contributed by atoms with Gasteiger partial charge in [-0.3, -0.25) is 0 Å². The van der Waals surface area contributed by atoms with Crippen molar-refractivity contribution in [2.45, 2.75) is 0 Å². The van der Waals surface area contributed by atoms with Crippen LogP contribution < -0.4 is 5.73 Å². The van der Waals surface area contributed by atoms with Crippen LogP contribution in [0.15, 0.2) is 70.9 Å². The van der Waals surface area contributed by atoms with E-state index in [2.05, 4.69) is 15.2 Å². The van der Waals surface area contributed by atoms with Gasteiger partial charge in [0.2, 0.25) is 0 Å². The van der Waals surface area contributed by atoms with Gasteiger partial charge in [-0.15, -0.1) is 5.10 Å². The van der Waals surface area contributed by atoms with Gasteiger partial charge >= 0.3 is 0 Å². The molecule has 1 heterocycles. The Kier molecular flexibility index (Phi) is 3.78. The molecule has 0 fully saturated rings. The highest BCUT2D eigenvalue weighted by Crippen LogP contribution is 2.13. The van der Waals surface area contributed by atoms with Crippen LogP contribution in [0.5, 0.6) is 5.75 Å². The molecule has 0 aliphatic carbocycles. The molecule has 0 saturated heterocycles. The average molecular weight is 290 g/mol. The smallest absolute Gasteiger partial charge is 0.172 e. The van der Waals surface area contributed by atoms with Crippen molar-refractivity contribution in [2.75, 3.05) is 0 Å². The Balaban J connectivity index is 1.85. The number of benzene rings is 2. The van der Waals surface area contributed by atoms with E-state index in [9.17, 15) is 5.11 Å². The molecule has 3 aromatic rings. The topological polar surface area (TPSA) is 83.9 Å². The van der Waals surface area contributed by atoms with Gasteiger partial charge in [0.15, 0.2) is 5.84 Å². The highest BCUT2D eigenvalue weighted by Gasteiger charge is 2.02. The molecule has 22 heavy (non-hydrogen) atoms. The summed E-state index contributed by atoms with van der Waals surface area (Å²) < 4.78 is 0.